The molecule has 2 aliphatic rings. The second-order valence-corrected chi connectivity index (χ2v) is 9.35. The quantitative estimate of drug-likeness (QED) is 0.556. The van der Waals surface area contributed by atoms with Gasteiger partial charge >= 0.3 is 0 Å². The van der Waals surface area contributed by atoms with Gasteiger partial charge in [-0.05, 0) is 63.1 Å². The minimum Gasteiger partial charge on any atom is -0.364 e. The van der Waals surface area contributed by atoms with E-state index >= 15 is 0 Å². The number of fused-ring (bicyclic) bond motifs is 1. The normalized spacial score (nSPS) is 26.4. The molecule has 7 nitrogen and oxygen atoms in total. The summed E-state index contributed by atoms with van der Waals surface area (Å²) in [5.74, 6) is 2.17. The first-order valence-electron chi connectivity index (χ1n) is 11.7. The third-order valence-corrected chi connectivity index (χ3v) is 6.71. The maximum Gasteiger partial charge on any atom is 0.143 e. The van der Waals surface area contributed by atoms with Crippen LogP contribution in [-0.2, 0) is 6.54 Å². The van der Waals surface area contributed by atoms with Gasteiger partial charge in [0, 0.05) is 31.4 Å². The van der Waals surface area contributed by atoms with Crippen LogP contribution in [0.25, 0.3) is 11.0 Å². The van der Waals surface area contributed by atoms with E-state index in [4.69, 9.17) is 4.98 Å². The molecule has 3 aromatic rings. The van der Waals surface area contributed by atoms with Crippen LogP contribution in [-0.4, -0.2) is 51.3 Å². The Balaban J connectivity index is 1.34. The maximum absolute atomic E-state index is 13.7. The molecule has 0 bridgehead atoms. The van der Waals surface area contributed by atoms with Gasteiger partial charge in [0.05, 0.1) is 17.6 Å². The molecule has 0 amide bonds. The van der Waals surface area contributed by atoms with Gasteiger partial charge in [0.15, 0.2) is 0 Å². The second-order valence-electron chi connectivity index (χ2n) is 9.35. The topological polar surface area (TPSA) is 81.8 Å². The molecule has 1 aliphatic heterocycles. The zero-order chi connectivity index (χ0) is 22.1. The van der Waals surface area contributed by atoms with E-state index in [2.05, 4.69) is 56.5 Å². The highest BCUT2D eigenvalue weighted by molar-refractivity contribution is 5.90. The summed E-state index contributed by atoms with van der Waals surface area (Å²) in [4.78, 5) is 19.5. The van der Waals surface area contributed by atoms with Crippen LogP contribution >= 0.6 is 0 Å². The molecule has 2 fully saturated rings. The van der Waals surface area contributed by atoms with Crippen molar-refractivity contribution in [3.05, 3.63) is 42.0 Å². The van der Waals surface area contributed by atoms with Crippen LogP contribution in [0.3, 0.4) is 0 Å². The van der Waals surface area contributed by atoms with Gasteiger partial charge in [-0.2, -0.15) is 0 Å². The Kier molecular flexibility index (Phi) is 5.95. The average Bonchev–Trinajstić information content (AvgIpc) is 3.23. The number of H-pyrrole nitrogens is 1. The van der Waals surface area contributed by atoms with Gasteiger partial charge in [-0.1, -0.05) is 6.07 Å². The van der Waals surface area contributed by atoms with Crippen molar-refractivity contribution < 1.29 is 4.39 Å². The van der Waals surface area contributed by atoms with Gasteiger partial charge in [0.25, 0.3) is 0 Å². The Morgan fingerprint density at radius 2 is 1.88 bits per heavy atom. The molecule has 3 N–H and O–H groups in total. The van der Waals surface area contributed by atoms with Crippen LogP contribution < -0.4 is 15.5 Å². The number of pyridine rings is 1. The van der Waals surface area contributed by atoms with E-state index in [1.165, 1.54) is 5.56 Å². The van der Waals surface area contributed by atoms with E-state index in [0.717, 1.165) is 54.3 Å². The van der Waals surface area contributed by atoms with Gasteiger partial charge in [-0.25, -0.2) is 19.3 Å². The Morgan fingerprint density at radius 1 is 1.09 bits per heavy atom. The zero-order valence-corrected chi connectivity index (χ0v) is 18.8. The summed E-state index contributed by atoms with van der Waals surface area (Å²) in [6.45, 7) is 6.91. The molecule has 0 aromatic carbocycles. The fourth-order valence-corrected chi connectivity index (χ4v) is 5.24. The summed E-state index contributed by atoms with van der Waals surface area (Å²) < 4.78 is 13.7. The van der Waals surface area contributed by atoms with Crippen molar-refractivity contribution in [2.75, 3.05) is 23.3 Å². The minimum atomic E-state index is -0.662. The Hall–Kier alpha value is -2.74. The number of hydrogen-bond donors (Lipinski definition) is 3. The zero-order valence-electron chi connectivity index (χ0n) is 18.8. The second kappa shape index (κ2) is 9.02. The minimum absolute atomic E-state index is 0.348. The molecule has 4 heterocycles. The number of aromatic nitrogens is 4. The van der Waals surface area contributed by atoms with Crippen LogP contribution in [0.2, 0.25) is 0 Å². The fourth-order valence-electron chi connectivity index (χ4n) is 5.24. The van der Waals surface area contributed by atoms with Gasteiger partial charge in [-0.3, -0.25) is 0 Å². The first kappa shape index (κ1) is 21.1. The summed E-state index contributed by atoms with van der Waals surface area (Å²) in [7, 11) is 0. The lowest BCUT2D eigenvalue weighted by molar-refractivity contribution is 0.236. The lowest BCUT2D eigenvalue weighted by atomic mass is 9.83. The monoisotopic (exact) mass is 437 g/mol. The molecule has 1 aliphatic carbocycles. The highest BCUT2D eigenvalue weighted by Crippen LogP contribution is 2.38. The van der Waals surface area contributed by atoms with Crippen LogP contribution in [0.1, 0.15) is 56.7 Å². The molecule has 2 atom stereocenters. The van der Waals surface area contributed by atoms with Crippen LogP contribution in [0, 0.1) is 0 Å². The number of anilines is 2. The third-order valence-electron chi connectivity index (χ3n) is 6.71. The maximum atomic E-state index is 13.7. The molecule has 1 saturated heterocycles. The molecular formula is C24H32FN7. The predicted molar refractivity (Wildman–Crippen MR) is 126 cm³/mol. The van der Waals surface area contributed by atoms with Crippen molar-refractivity contribution in [1.82, 2.24) is 25.3 Å². The number of alkyl halides is 1. The number of aromatic amines is 1. The SMILES string of the molecule is C[C@@H]1CN(c2cccc(CNc3ncnc4[nH]cc(C5CCC(F)CC5)c34)n2)C[C@H](C)N1. The summed E-state index contributed by atoms with van der Waals surface area (Å²) >= 11 is 0. The van der Waals surface area contributed by atoms with Gasteiger partial charge in [-0.15, -0.1) is 0 Å². The van der Waals surface area contributed by atoms with Crippen molar-refractivity contribution in [3.63, 3.8) is 0 Å². The predicted octanol–water partition coefficient (Wildman–Crippen LogP) is 4.15. The fraction of sp³-hybridized carbons (Fsp3) is 0.542. The molecule has 1 saturated carbocycles. The van der Waals surface area contributed by atoms with Crippen molar-refractivity contribution >= 4 is 22.7 Å². The molecule has 8 heteroatoms. The van der Waals surface area contributed by atoms with Crippen LogP contribution in [0.5, 0.6) is 0 Å². The standard InChI is InChI=1S/C24H32FN7/c1-15-12-32(13-16(2)30-15)21-5-3-4-19(31-21)10-26-23-22-20(11-27-24(22)29-14-28-23)17-6-8-18(25)9-7-17/h3-5,11,14-18,30H,6-10,12-13H2,1-2H3,(H2,26,27,28,29)/t15-,16+,17?,18?. The largest absolute Gasteiger partial charge is 0.364 e. The number of nitrogens with zero attached hydrogens (tertiary/aromatic N) is 4. The molecule has 0 spiro atoms. The molecule has 0 radical (unpaired) electrons. The first-order chi connectivity index (χ1) is 15.6. The van der Waals surface area contributed by atoms with Crippen LogP contribution in [0.15, 0.2) is 30.7 Å². The molecule has 0 unspecified atom stereocenters. The molecular weight excluding hydrogens is 405 g/mol. The van der Waals surface area contributed by atoms with Crippen LogP contribution in [0.4, 0.5) is 16.0 Å². The van der Waals surface area contributed by atoms with E-state index in [9.17, 15) is 4.39 Å². The van der Waals surface area contributed by atoms with Gasteiger partial charge < -0.3 is 20.5 Å². The summed E-state index contributed by atoms with van der Waals surface area (Å²) in [6.07, 6.45) is 5.95. The van der Waals surface area contributed by atoms with Crippen molar-refractivity contribution in [1.29, 1.82) is 0 Å². The third kappa shape index (κ3) is 4.41. The summed E-state index contributed by atoms with van der Waals surface area (Å²) in [6, 6.07) is 7.09. The van der Waals surface area contributed by atoms with Gasteiger partial charge in [0.1, 0.15) is 29.8 Å². The highest BCUT2D eigenvalue weighted by Gasteiger charge is 2.26. The lowest BCUT2D eigenvalue weighted by Gasteiger charge is -2.37. The van der Waals surface area contributed by atoms with E-state index in [0.29, 0.717) is 37.4 Å². The average molecular weight is 438 g/mol. The Morgan fingerprint density at radius 3 is 2.66 bits per heavy atom. The summed E-state index contributed by atoms with van der Waals surface area (Å²) in [5, 5.41) is 8.08. The van der Waals surface area contributed by atoms with E-state index in [1.54, 1.807) is 6.33 Å². The molecule has 3 aromatic heterocycles. The first-order valence-corrected chi connectivity index (χ1v) is 11.7. The van der Waals surface area contributed by atoms with Gasteiger partial charge in [0.2, 0.25) is 0 Å². The van der Waals surface area contributed by atoms with E-state index in [1.807, 2.05) is 12.3 Å². The Labute approximate surface area is 188 Å². The molecule has 170 valence electrons. The van der Waals surface area contributed by atoms with Crippen molar-refractivity contribution in [2.24, 2.45) is 0 Å². The highest BCUT2D eigenvalue weighted by atomic mass is 19.1. The number of piperazine rings is 1. The Bertz CT molecular complexity index is 1050. The number of halogens is 1. The summed E-state index contributed by atoms with van der Waals surface area (Å²) in [5.41, 5.74) is 2.99. The number of hydrogen-bond acceptors (Lipinski definition) is 6. The number of nitrogens with one attached hydrogen (secondary N) is 3. The number of rotatable bonds is 5. The smallest absolute Gasteiger partial charge is 0.143 e. The molecule has 32 heavy (non-hydrogen) atoms. The molecule has 5 rings (SSSR count). The van der Waals surface area contributed by atoms with Crippen molar-refractivity contribution in [3.8, 4) is 0 Å². The van der Waals surface area contributed by atoms with Crippen molar-refractivity contribution in [2.45, 2.75) is 70.2 Å². The van der Waals surface area contributed by atoms with E-state index in [-0.39, 0.29) is 0 Å². The van der Waals surface area contributed by atoms with E-state index < -0.39 is 6.17 Å². The lowest BCUT2D eigenvalue weighted by Crippen LogP contribution is -2.54.